The number of aromatic nitrogens is 9. The van der Waals surface area contributed by atoms with Gasteiger partial charge in [-0.2, -0.15) is 13.9 Å². The summed E-state index contributed by atoms with van der Waals surface area (Å²) in [4.78, 5) is 26.0. The number of hydrogen-bond donors (Lipinski definition) is 2. The lowest BCUT2D eigenvalue weighted by Gasteiger charge is -2.37. The van der Waals surface area contributed by atoms with Crippen LogP contribution >= 0.6 is 0 Å². The summed E-state index contributed by atoms with van der Waals surface area (Å²) < 4.78 is 49.6. The average Bonchev–Trinajstić information content (AvgIpc) is 3.85. The zero-order valence-corrected chi connectivity index (χ0v) is 29.5. The number of tetrazole rings is 1. The van der Waals surface area contributed by atoms with Crippen LogP contribution < -0.4 is 15.5 Å². The third kappa shape index (κ3) is 6.94. The number of aliphatic hydroxyl groups is 2. The number of aliphatic hydroxyl groups excluding tert-OH is 1. The lowest BCUT2D eigenvalue weighted by atomic mass is 9.85. The van der Waals surface area contributed by atoms with E-state index in [1.807, 2.05) is 37.3 Å². The Bertz CT molecular complexity index is 2200. The van der Waals surface area contributed by atoms with Crippen molar-refractivity contribution in [3.05, 3.63) is 125 Å². The molecule has 1 aliphatic rings. The molecule has 3 atom stereocenters. The topological polar surface area (TPSA) is 156 Å². The molecule has 0 radical (unpaired) electrons. The van der Waals surface area contributed by atoms with Gasteiger partial charge in [0.05, 0.1) is 30.6 Å². The van der Waals surface area contributed by atoms with Crippen molar-refractivity contribution in [2.75, 3.05) is 36.0 Å². The van der Waals surface area contributed by atoms with E-state index < -0.39 is 41.7 Å². The van der Waals surface area contributed by atoms with Crippen LogP contribution in [0.2, 0.25) is 0 Å². The largest absolute Gasteiger partial charge is 0.391 e. The maximum absolute atomic E-state index is 16.1. The Morgan fingerprint density at radius 2 is 1.50 bits per heavy atom. The fourth-order valence-corrected chi connectivity index (χ4v) is 6.76. The molecule has 17 heteroatoms. The summed E-state index contributed by atoms with van der Waals surface area (Å²) in [6.45, 7) is 5.80. The highest BCUT2D eigenvalue weighted by atomic mass is 19.3. The van der Waals surface area contributed by atoms with Gasteiger partial charge < -0.3 is 20.0 Å². The van der Waals surface area contributed by atoms with Crippen molar-refractivity contribution in [2.24, 2.45) is 0 Å². The number of hydrogen-bond acceptors (Lipinski definition) is 11. The monoisotopic (exact) mass is 741 g/mol. The van der Waals surface area contributed by atoms with Crippen LogP contribution in [0.4, 0.5) is 24.5 Å². The van der Waals surface area contributed by atoms with Crippen LogP contribution in [0.3, 0.4) is 0 Å². The van der Waals surface area contributed by atoms with E-state index in [9.17, 15) is 19.4 Å². The molecule has 3 unspecified atom stereocenters. The number of alkyl halides is 2. The quantitative estimate of drug-likeness (QED) is 0.187. The van der Waals surface area contributed by atoms with Gasteiger partial charge in [-0.25, -0.2) is 28.1 Å². The molecule has 0 aliphatic carbocycles. The Balaban J connectivity index is 0.995. The van der Waals surface area contributed by atoms with E-state index in [0.29, 0.717) is 17.8 Å². The second-order valence-electron chi connectivity index (χ2n) is 13.2. The van der Waals surface area contributed by atoms with E-state index in [1.54, 1.807) is 19.2 Å². The zero-order valence-electron chi connectivity index (χ0n) is 29.5. The molecule has 2 aromatic carbocycles. The second-order valence-corrected chi connectivity index (χ2v) is 13.2. The number of pyridine rings is 2. The lowest BCUT2D eigenvalue weighted by molar-refractivity contribution is -0.206. The highest BCUT2D eigenvalue weighted by Crippen LogP contribution is 2.46. The van der Waals surface area contributed by atoms with E-state index in [4.69, 9.17) is 0 Å². The maximum Gasteiger partial charge on any atom is 0.351 e. The molecule has 280 valence electrons. The van der Waals surface area contributed by atoms with Crippen molar-refractivity contribution in [1.82, 2.24) is 44.5 Å². The average molecular weight is 742 g/mol. The summed E-state index contributed by atoms with van der Waals surface area (Å²) >= 11 is 0. The van der Waals surface area contributed by atoms with Gasteiger partial charge >= 0.3 is 11.6 Å². The number of nitrogens with zero attached hydrogens (tertiary/aromatic N) is 11. The molecule has 1 fully saturated rings. The van der Waals surface area contributed by atoms with Gasteiger partial charge in [0, 0.05) is 43.6 Å². The van der Waals surface area contributed by atoms with Crippen LogP contribution in [0.25, 0.3) is 16.9 Å². The molecule has 7 rings (SSSR count). The van der Waals surface area contributed by atoms with Crippen molar-refractivity contribution >= 4 is 11.4 Å². The van der Waals surface area contributed by atoms with Crippen LogP contribution in [0.1, 0.15) is 37.6 Å². The third-order valence-electron chi connectivity index (χ3n) is 9.88. The molecule has 0 saturated carbocycles. The molecule has 0 spiro atoms. The van der Waals surface area contributed by atoms with Crippen LogP contribution in [-0.4, -0.2) is 87.0 Å². The fourth-order valence-electron chi connectivity index (χ4n) is 6.76. The zero-order chi connectivity index (χ0) is 38.0. The number of rotatable bonds is 12. The SMILES string of the molecule is CCC(C(C)O)n1ncn(-c2ccc(N3CCN(c4ccc(-c5ccc(C(F)(F)C(O)(Cn6cnnn6)c6ccc(F)cc6)nc5)cc4)CC3)cn2)c1=O. The molecule has 14 nitrogen and oxygen atoms in total. The molecule has 1 saturated heterocycles. The highest BCUT2D eigenvalue weighted by Gasteiger charge is 2.56. The molecule has 1 aliphatic heterocycles. The minimum absolute atomic E-state index is 0.223. The Kier molecular flexibility index (Phi) is 10.00. The van der Waals surface area contributed by atoms with Crippen LogP contribution in [0, 0.1) is 5.82 Å². The molecular weight excluding hydrogens is 703 g/mol. The van der Waals surface area contributed by atoms with E-state index >= 15 is 8.78 Å². The summed E-state index contributed by atoms with van der Waals surface area (Å²) in [5, 5.41) is 36.3. The smallest absolute Gasteiger partial charge is 0.351 e. The van der Waals surface area contributed by atoms with Crippen LogP contribution in [0.5, 0.6) is 0 Å². The van der Waals surface area contributed by atoms with Gasteiger partial charge in [-0.1, -0.05) is 37.3 Å². The molecule has 5 heterocycles. The van der Waals surface area contributed by atoms with E-state index in [0.717, 1.165) is 78.4 Å². The van der Waals surface area contributed by atoms with Crippen LogP contribution in [0.15, 0.2) is 103 Å². The van der Waals surface area contributed by atoms with Crippen LogP contribution in [-0.2, 0) is 18.1 Å². The Hall–Kier alpha value is -5.94. The van der Waals surface area contributed by atoms with E-state index in [2.05, 4.69) is 40.4 Å². The molecule has 0 bridgehead atoms. The molecule has 6 aromatic rings. The minimum Gasteiger partial charge on any atom is -0.391 e. The predicted molar refractivity (Wildman–Crippen MR) is 193 cm³/mol. The predicted octanol–water partition coefficient (Wildman–Crippen LogP) is 3.95. The van der Waals surface area contributed by atoms with E-state index in [-0.39, 0.29) is 11.3 Å². The van der Waals surface area contributed by atoms with Gasteiger partial charge in [0.1, 0.15) is 30.0 Å². The summed E-state index contributed by atoms with van der Waals surface area (Å²) in [5.41, 5.74) is -0.786. The first-order valence-corrected chi connectivity index (χ1v) is 17.4. The Morgan fingerprint density at radius 3 is 2.07 bits per heavy atom. The van der Waals surface area contributed by atoms with Gasteiger partial charge in [-0.3, -0.25) is 4.98 Å². The molecule has 2 N–H and O–H groups in total. The van der Waals surface area contributed by atoms with E-state index in [1.165, 1.54) is 33.9 Å². The molecular formula is C37H38F3N11O3. The first kappa shape index (κ1) is 36.4. The van der Waals surface area contributed by atoms with Gasteiger partial charge in [-0.15, -0.1) is 5.10 Å². The summed E-state index contributed by atoms with van der Waals surface area (Å²) in [6.07, 6.45) is 5.44. The number of piperazine rings is 1. The minimum atomic E-state index is -3.92. The Morgan fingerprint density at radius 1 is 0.833 bits per heavy atom. The third-order valence-corrected chi connectivity index (χ3v) is 9.88. The van der Waals surface area contributed by atoms with Crippen molar-refractivity contribution in [3.8, 4) is 16.9 Å². The van der Waals surface area contributed by atoms with Gasteiger partial charge in [0.2, 0.25) is 0 Å². The maximum atomic E-state index is 16.1. The van der Waals surface area contributed by atoms with Crippen molar-refractivity contribution in [2.45, 2.75) is 50.5 Å². The van der Waals surface area contributed by atoms with Crippen molar-refractivity contribution < 1.29 is 23.4 Å². The van der Waals surface area contributed by atoms with Crippen molar-refractivity contribution in [3.63, 3.8) is 0 Å². The first-order valence-electron chi connectivity index (χ1n) is 17.4. The standard InChI is InChI=1S/C37H38F3N11O3/c1-3-32(25(2)52)51-35(53)50(24-44-51)34-15-13-31(21-42-34)48-18-16-47(17-19-48)30-11-4-26(5-12-30)27-6-14-33(41-20-27)37(39,40)36(54,22-49-23-43-45-46-49)28-7-9-29(38)10-8-28/h4-15,20-21,23-25,32,52,54H,3,16-19,22H2,1-2H3. The summed E-state index contributed by atoms with van der Waals surface area (Å²) in [5.74, 6) is -4.11. The lowest BCUT2D eigenvalue weighted by Crippen LogP contribution is -2.47. The summed E-state index contributed by atoms with van der Waals surface area (Å²) in [7, 11) is 0. The second kappa shape index (κ2) is 14.8. The van der Waals surface area contributed by atoms with Gasteiger partial charge in [0.25, 0.3) is 0 Å². The number of anilines is 2. The summed E-state index contributed by atoms with van der Waals surface area (Å²) in [6, 6.07) is 17.9. The van der Waals surface area contributed by atoms with Gasteiger partial charge in [0.15, 0.2) is 5.60 Å². The normalized spacial score (nSPS) is 15.9. The number of halogens is 3. The van der Waals surface area contributed by atoms with Gasteiger partial charge in [-0.05, 0) is 77.4 Å². The molecule has 54 heavy (non-hydrogen) atoms. The van der Waals surface area contributed by atoms with Crippen molar-refractivity contribution in [1.29, 1.82) is 0 Å². The molecule has 4 aromatic heterocycles. The fraction of sp³-hybridized carbons (Fsp3) is 0.324. The molecule has 0 amide bonds. The Labute approximate surface area is 307 Å². The first-order chi connectivity index (χ1) is 26.0. The number of benzene rings is 2. The highest BCUT2D eigenvalue weighted by molar-refractivity contribution is 5.66.